The molecule has 0 bridgehead atoms. The summed E-state index contributed by atoms with van der Waals surface area (Å²) in [6.45, 7) is 3.46. The lowest BCUT2D eigenvalue weighted by molar-refractivity contribution is -0.139. The summed E-state index contributed by atoms with van der Waals surface area (Å²) >= 11 is 5.21. The van der Waals surface area contributed by atoms with Crippen LogP contribution in [0.5, 0.6) is 17.4 Å². The molecule has 1 aliphatic carbocycles. The highest BCUT2D eigenvalue weighted by atomic mass is 32.1. The van der Waals surface area contributed by atoms with Gasteiger partial charge < -0.3 is 28.8 Å². The van der Waals surface area contributed by atoms with Crippen LogP contribution in [0.1, 0.15) is 77.7 Å². The number of fused-ring (bicyclic) bond motifs is 1. The van der Waals surface area contributed by atoms with Crippen LogP contribution in [0.2, 0.25) is 0 Å². The Labute approximate surface area is 290 Å². The quantitative estimate of drug-likeness (QED) is 0.0675. The van der Waals surface area contributed by atoms with Crippen molar-refractivity contribution in [2.75, 3.05) is 13.7 Å². The number of aromatic hydroxyl groups is 1. The number of hydrogen-bond donors (Lipinski definition) is 2. The molecule has 0 unspecified atom stereocenters. The first kappa shape index (κ1) is 37.8. The van der Waals surface area contributed by atoms with Crippen molar-refractivity contribution in [1.29, 1.82) is 0 Å². The first-order chi connectivity index (χ1) is 23.8. The molecule has 264 valence electrons. The summed E-state index contributed by atoms with van der Waals surface area (Å²) in [6.07, 6.45) is 2.52. The third kappa shape index (κ3) is 8.77. The Kier molecular flexibility index (Phi) is 12.5. The van der Waals surface area contributed by atoms with Gasteiger partial charge in [-0.2, -0.15) is 13.2 Å². The Morgan fingerprint density at radius 2 is 1.88 bits per heavy atom. The van der Waals surface area contributed by atoms with Crippen LogP contribution in [0, 0.1) is 0 Å². The molecule has 0 aliphatic heterocycles. The lowest BCUT2D eigenvalue weighted by Crippen LogP contribution is -2.44. The van der Waals surface area contributed by atoms with E-state index in [4.69, 9.17) is 26.1 Å². The van der Waals surface area contributed by atoms with Crippen LogP contribution in [0.4, 0.5) is 18.0 Å². The highest BCUT2D eigenvalue weighted by Gasteiger charge is 2.38. The van der Waals surface area contributed by atoms with Crippen molar-refractivity contribution in [2.24, 2.45) is 0 Å². The summed E-state index contributed by atoms with van der Waals surface area (Å²) in [5.41, 5.74) is -2.10. The van der Waals surface area contributed by atoms with E-state index < -0.39 is 52.4 Å². The predicted octanol–water partition coefficient (Wildman–Crippen LogP) is 6.40. The van der Waals surface area contributed by atoms with Gasteiger partial charge in [-0.1, -0.05) is 74.1 Å². The lowest BCUT2D eigenvalue weighted by Gasteiger charge is -2.24. The van der Waals surface area contributed by atoms with Crippen LogP contribution >= 0.6 is 12.2 Å². The van der Waals surface area contributed by atoms with E-state index in [0.717, 1.165) is 19.2 Å². The number of allylic oxidation sites excluding steroid dienone is 2. The molecule has 2 aromatic carbocycles. The second-order valence-electron chi connectivity index (χ2n) is 11.2. The van der Waals surface area contributed by atoms with Gasteiger partial charge in [0.1, 0.15) is 16.9 Å². The zero-order valence-corrected chi connectivity index (χ0v) is 28.2. The lowest BCUT2D eigenvalue weighted by atomic mass is 9.86. The van der Waals surface area contributed by atoms with Crippen molar-refractivity contribution in [1.82, 2.24) is 0 Å². The van der Waals surface area contributed by atoms with E-state index in [1.165, 1.54) is 49.4 Å². The molecule has 0 saturated heterocycles. The van der Waals surface area contributed by atoms with Gasteiger partial charge in [0.15, 0.2) is 11.2 Å². The van der Waals surface area contributed by atoms with Gasteiger partial charge in [-0.15, -0.1) is 0 Å². The number of carbonyl (C=O) groups excluding carboxylic acids is 2. The Morgan fingerprint density at radius 1 is 1.14 bits per heavy atom. The van der Waals surface area contributed by atoms with Crippen LogP contribution in [0.3, 0.4) is 0 Å². The van der Waals surface area contributed by atoms with E-state index in [1.54, 1.807) is 18.2 Å². The Hall–Kier alpha value is -5.01. The summed E-state index contributed by atoms with van der Waals surface area (Å²) in [7, 11) is 1.02. The summed E-state index contributed by atoms with van der Waals surface area (Å²) in [6, 6.07) is 7.51. The summed E-state index contributed by atoms with van der Waals surface area (Å²) < 4.78 is 63.4. The monoisotopic (exact) mass is 712 g/mol. The molecule has 0 spiro atoms. The van der Waals surface area contributed by atoms with Gasteiger partial charge in [-0.05, 0) is 49.6 Å². The van der Waals surface area contributed by atoms with Gasteiger partial charge in [0.2, 0.25) is 0 Å². The van der Waals surface area contributed by atoms with Crippen molar-refractivity contribution >= 4 is 41.2 Å². The minimum Gasteiger partial charge on any atom is -0.507 e. The number of ketones is 1. The summed E-state index contributed by atoms with van der Waals surface area (Å²) in [4.78, 5) is 38.4. The van der Waals surface area contributed by atoms with Crippen molar-refractivity contribution < 1.29 is 51.6 Å². The van der Waals surface area contributed by atoms with E-state index in [1.807, 2.05) is 6.92 Å². The van der Waals surface area contributed by atoms with Gasteiger partial charge >= 0.3 is 18.3 Å². The molecule has 50 heavy (non-hydrogen) atoms. The standard InChI is InChI=1S/C37H35F3O9S/c1-4-11-25-29(18-17-23(21(2)41)32(25)42)47-19-10-6-5-7-13-27(33(43)24-12-8-9-14-28(24)37(38,39)40)31-34(44)26-16-15-22(50)20-30(26)48-35(31)49-36(45)46-3/h5-9,12-14,16-18,20,27,33,42-43H,4,10-11,15,19H2,1-3H3/b6-5-,13-7+/t27-,33-/m0/s1. The normalized spacial score (nSPS) is 14.1. The average Bonchev–Trinajstić information content (AvgIpc) is 3.07. The predicted molar refractivity (Wildman–Crippen MR) is 183 cm³/mol. The number of phenolic OH excluding ortho intramolecular Hbond substituents is 1. The number of aliphatic hydroxyl groups excluding tert-OH is 1. The number of thiocarbonyl (C=S) groups is 1. The van der Waals surface area contributed by atoms with E-state index >= 15 is 0 Å². The fourth-order valence-electron chi connectivity index (χ4n) is 5.44. The number of carbonyl (C=O) groups is 2. The molecule has 9 nitrogen and oxygen atoms in total. The number of alkyl halides is 3. The second kappa shape index (κ2) is 16.6. The van der Waals surface area contributed by atoms with E-state index in [9.17, 15) is 37.8 Å². The Balaban J connectivity index is 1.70. The number of rotatable bonds is 13. The third-order valence-corrected chi connectivity index (χ3v) is 8.09. The summed E-state index contributed by atoms with van der Waals surface area (Å²) in [5, 5.41) is 22.2. The van der Waals surface area contributed by atoms with Crippen molar-refractivity contribution in [3.63, 3.8) is 0 Å². The smallest absolute Gasteiger partial charge is 0.507 e. The minimum atomic E-state index is -4.84. The highest BCUT2D eigenvalue weighted by molar-refractivity contribution is 7.81. The van der Waals surface area contributed by atoms with Gasteiger partial charge in [-0.3, -0.25) is 9.59 Å². The first-order valence-electron chi connectivity index (χ1n) is 15.6. The number of halogens is 3. The van der Waals surface area contributed by atoms with Gasteiger partial charge in [-0.25, -0.2) is 4.79 Å². The van der Waals surface area contributed by atoms with E-state index in [2.05, 4.69) is 4.74 Å². The minimum absolute atomic E-state index is 0.0203. The molecule has 1 aromatic heterocycles. The molecule has 0 amide bonds. The summed E-state index contributed by atoms with van der Waals surface area (Å²) in [5.74, 6) is -2.15. The molecule has 0 fully saturated rings. The van der Waals surface area contributed by atoms with Crippen molar-refractivity contribution in [3.05, 3.63) is 109 Å². The number of aliphatic hydroxyl groups is 1. The van der Waals surface area contributed by atoms with Crippen molar-refractivity contribution in [2.45, 2.75) is 57.7 Å². The fourth-order valence-corrected chi connectivity index (χ4v) is 5.63. The molecule has 1 heterocycles. The maximum atomic E-state index is 14.0. The number of hydrogen-bond acceptors (Lipinski definition) is 10. The molecule has 13 heteroatoms. The second-order valence-corrected chi connectivity index (χ2v) is 11.8. The van der Waals surface area contributed by atoms with Gasteiger partial charge in [0.05, 0.1) is 41.7 Å². The highest BCUT2D eigenvalue weighted by Crippen LogP contribution is 2.41. The number of benzene rings is 2. The number of methoxy groups -OCH3 is 1. The SMILES string of the molecule is CCCc1c(OCC/C=C\C=C\[C@@H](c2c(OC(=O)OC)oc3c(c2=O)=CCC(=S)C=3)[C@@H](O)c2ccccc2C(F)(F)F)ccc(C(C)=O)c1O. The molecule has 0 saturated carbocycles. The molecule has 4 rings (SSSR count). The molecule has 3 aromatic rings. The van der Waals surface area contributed by atoms with E-state index in [-0.39, 0.29) is 40.8 Å². The molecular formula is C37H35F3O9S. The van der Waals surface area contributed by atoms with Crippen molar-refractivity contribution in [3.8, 4) is 17.4 Å². The average molecular weight is 713 g/mol. The zero-order valence-electron chi connectivity index (χ0n) is 27.4. The van der Waals surface area contributed by atoms with Crippen LogP contribution < -0.4 is 25.5 Å². The molecule has 1 aliphatic rings. The van der Waals surface area contributed by atoms with E-state index in [0.29, 0.717) is 35.4 Å². The number of Topliss-reactive ketones (excluding diaryl/α,β-unsaturated/α-hetero) is 1. The van der Waals surface area contributed by atoms with Crippen LogP contribution in [0.25, 0.3) is 12.2 Å². The van der Waals surface area contributed by atoms with Crippen LogP contribution in [-0.4, -0.2) is 40.7 Å². The third-order valence-electron chi connectivity index (χ3n) is 7.80. The first-order valence-corrected chi connectivity index (χ1v) is 16.0. The maximum Gasteiger partial charge on any atom is 0.516 e. The van der Waals surface area contributed by atoms with Crippen LogP contribution in [-0.2, 0) is 17.3 Å². The maximum absolute atomic E-state index is 14.0. The molecule has 0 radical (unpaired) electrons. The van der Waals surface area contributed by atoms with Gasteiger partial charge in [0.25, 0.3) is 0 Å². The fraction of sp³-hybridized carbons (Fsp3) is 0.297. The zero-order chi connectivity index (χ0) is 36.6. The topological polar surface area (TPSA) is 132 Å². The molecular weight excluding hydrogens is 677 g/mol. The number of phenols is 1. The molecule has 2 atom stereocenters. The molecule has 2 N–H and O–H groups in total. The largest absolute Gasteiger partial charge is 0.516 e. The van der Waals surface area contributed by atoms with Crippen LogP contribution in [0.15, 0.2) is 69.9 Å². The Morgan fingerprint density at radius 3 is 2.56 bits per heavy atom. The number of ether oxygens (including phenoxy) is 3. The Bertz CT molecular complexity index is 2010. The van der Waals surface area contributed by atoms with Gasteiger partial charge in [0, 0.05) is 22.8 Å².